The van der Waals surface area contributed by atoms with Crippen LogP contribution in [0.4, 0.5) is 4.39 Å². The minimum Gasteiger partial charge on any atom is -0.357 e. The predicted molar refractivity (Wildman–Crippen MR) is 100.0 cm³/mol. The minimum absolute atomic E-state index is 0.0635. The summed E-state index contributed by atoms with van der Waals surface area (Å²) < 4.78 is 14.0. The van der Waals surface area contributed by atoms with E-state index in [0.29, 0.717) is 12.0 Å². The average Bonchev–Trinajstić information content (AvgIpc) is 2.65. The summed E-state index contributed by atoms with van der Waals surface area (Å²) in [5.41, 5.74) is 2.61. The number of carbonyl (C=O) groups is 2. The molecular weight excluding hydrogens is 331 g/mol. The van der Waals surface area contributed by atoms with E-state index in [2.05, 4.69) is 5.32 Å². The van der Waals surface area contributed by atoms with Crippen LogP contribution in [0.2, 0.25) is 0 Å². The summed E-state index contributed by atoms with van der Waals surface area (Å²) in [6.07, 6.45) is 0.839. The van der Waals surface area contributed by atoms with Crippen LogP contribution in [-0.2, 0) is 22.6 Å². The van der Waals surface area contributed by atoms with Gasteiger partial charge in [0.1, 0.15) is 11.9 Å². The molecule has 26 heavy (non-hydrogen) atoms. The summed E-state index contributed by atoms with van der Waals surface area (Å²) >= 11 is 0. The van der Waals surface area contributed by atoms with E-state index in [1.54, 1.807) is 25.1 Å². The molecule has 0 radical (unpaired) electrons. The molecule has 2 aromatic carbocycles. The van der Waals surface area contributed by atoms with Crippen LogP contribution in [0.1, 0.15) is 30.0 Å². The molecule has 0 spiro atoms. The first kappa shape index (κ1) is 19.6. The van der Waals surface area contributed by atoms with E-state index in [0.717, 1.165) is 11.1 Å². The topological polar surface area (TPSA) is 49.4 Å². The molecule has 5 heteroatoms. The third kappa shape index (κ3) is 5.15. The molecule has 0 aliphatic carbocycles. The highest BCUT2D eigenvalue weighted by molar-refractivity contribution is 5.87. The van der Waals surface area contributed by atoms with Gasteiger partial charge < -0.3 is 10.2 Å². The van der Waals surface area contributed by atoms with Gasteiger partial charge in [0, 0.05) is 25.6 Å². The minimum atomic E-state index is -0.676. The lowest BCUT2D eigenvalue weighted by Crippen LogP contribution is -2.46. The van der Waals surface area contributed by atoms with Gasteiger partial charge in [-0.3, -0.25) is 9.59 Å². The van der Waals surface area contributed by atoms with Gasteiger partial charge in [0.25, 0.3) is 0 Å². The van der Waals surface area contributed by atoms with Gasteiger partial charge in [0.15, 0.2) is 0 Å². The summed E-state index contributed by atoms with van der Waals surface area (Å²) in [5.74, 6) is -0.831. The largest absolute Gasteiger partial charge is 0.357 e. The highest BCUT2D eigenvalue weighted by Crippen LogP contribution is 2.15. The lowest BCUT2D eigenvalue weighted by atomic mass is 10.1. The number of likely N-dealkylation sites (N-methyl/N-ethyl adjacent to an activating group) is 1. The Morgan fingerprint density at radius 2 is 1.77 bits per heavy atom. The molecule has 0 aromatic heterocycles. The molecule has 0 saturated heterocycles. The van der Waals surface area contributed by atoms with Crippen LogP contribution in [0.3, 0.4) is 0 Å². The normalized spacial score (nSPS) is 11.7. The average molecular weight is 356 g/mol. The lowest BCUT2D eigenvalue weighted by Gasteiger charge is -2.28. The van der Waals surface area contributed by atoms with Gasteiger partial charge in [0.2, 0.25) is 11.8 Å². The number of halogens is 1. The van der Waals surface area contributed by atoms with Crippen molar-refractivity contribution in [2.75, 3.05) is 7.05 Å². The fourth-order valence-corrected chi connectivity index (χ4v) is 2.75. The standard InChI is InChI=1S/C21H25FN2O2/c1-15-8-10-17(11-9-15)12-13-20(25)24(16(2)21(26)23-3)14-18-6-4-5-7-19(18)22/h4-11,16H,12-14H2,1-3H3,(H,23,26)/t16-/m0/s1. The van der Waals surface area contributed by atoms with Gasteiger partial charge in [-0.1, -0.05) is 48.0 Å². The predicted octanol–water partition coefficient (Wildman–Crippen LogP) is 3.23. The first-order chi connectivity index (χ1) is 12.4. The van der Waals surface area contributed by atoms with Gasteiger partial charge in [-0.25, -0.2) is 4.39 Å². The monoisotopic (exact) mass is 356 g/mol. The maximum atomic E-state index is 14.0. The lowest BCUT2D eigenvalue weighted by molar-refractivity contribution is -0.140. The number of carbonyl (C=O) groups excluding carboxylic acids is 2. The second-order valence-corrected chi connectivity index (χ2v) is 6.39. The third-order valence-corrected chi connectivity index (χ3v) is 4.46. The van der Waals surface area contributed by atoms with E-state index in [4.69, 9.17) is 0 Å². The summed E-state index contributed by atoms with van der Waals surface area (Å²) in [5, 5.41) is 2.55. The molecule has 2 rings (SSSR count). The Morgan fingerprint density at radius 1 is 1.12 bits per heavy atom. The highest BCUT2D eigenvalue weighted by Gasteiger charge is 2.25. The Labute approximate surface area is 154 Å². The van der Waals surface area contributed by atoms with Crippen molar-refractivity contribution in [2.24, 2.45) is 0 Å². The van der Waals surface area contributed by atoms with Gasteiger partial charge in [-0.15, -0.1) is 0 Å². The third-order valence-electron chi connectivity index (χ3n) is 4.46. The van der Waals surface area contributed by atoms with Gasteiger partial charge >= 0.3 is 0 Å². The maximum Gasteiger partial charge on any atom is 0.242 e. The quantitative estimate of drug-likeness (QED) is 0.828. The van der Waals surface area contributed by atoms with Crippen molar-refractivity contribution in [1.29, 1.82) is 0 Å². The Hall–Kier alpha value is -2.69. The molecule has 0 fully saturated rings. The van der Waals surface area contributed by atoms with Crippen LogP contribution in [0.5, 0.6) is 0 Å². The summed E-state index contributed by atoms with van der Waals surface area (Å²) in [6, 6.07) is 13.6. The molecule has 1 atom stereocenters. The van der Waals surface area contributed by atoms with Crippen molar-refractivity contribution in [3.05, 3.63) is 71.0 Å². The first-order valence-corrected chi connectivity index (χ1v) is 8.72. The van der Waals surface area contributed by atoms with Crippen LogP contribution >= 0.6 is 0 Å². The number of nitrogens with zero attached hydrogens (tertiary/aromatic N) is 1. The summed E-state index contributed by atoms with van der Waals surface area (Å²) in [6.45, 7) is 3.73. The molecule has 0 aliphatic rings. The van der Waals surface area contributed by atoms with Crippen molar-refractivity contribution >= 4 is 11.8 Å². The molecule has 0 heterocycles. The van der Waals surface area contributed by atoms with Crippen LogP contribution in [0.25, 0.3) is 0 Å². The second-order valence-electron chi connectivity index (χ2n) is 6.39. The van der Waals surface area contributed by atoms with E-state index in [1.165, 1.54) is 18.0 Å². The van der Waals surface area contributed by atoms with Gasteiger partial charge in [-0.2, -0.15) is 0 Å². The van der Waals surface area contributed by atoms with E-state index in [-0.39, 0.29) is 30.6 Å². The Balaban J connectivity index is 2.13. The number of hydrogen-bond donors (Lipinski definition) is 1. The molecular formula is C21H25FN2O2. The van der Waals surface area contributed by atoms with Crippen LogP contribution in [0.15, 0.2) is 48.5 Å². The van der Waals surface area contributed by atoms with Gasteiger partial charge in [0.05, 0.1) is 0 Å². The maximum absolute atomic E-state index is 14.0. The molecule has 0 aliphatic heterocycles. The van der Waals surface area contributed by atoms with E-state index >= 15 is 0 Å². The molecule has 1 N–H and O–H groups in total. The van der Waals surface area contributed by atoms with Crippen LogP contribution in [-0.4, -0.2) is 29.8 Å². The number of nitrogens with one attached hydrogen (secondary N) is 1. The zero-order valence-corrected chi connectivity index (χ0v) is 15.5. The number of aryl methyl sites for hydroxylation is 2. The van der Waals surface area contributed by atoms with Crippen molar-refractivity contribution in [1.82, 2.24) is 10.2 Å². The fraction of sp³-hybridized carbons (Fsp3) is 0.333. The highest BCUT2D eigenvalue weighted by atomic mass is 19.1. The van der Waals surface area contributed by atoms with E-state index in [9.17, 15) is 14.0 Å². The first-order valence-electron chi connectivity index (χ1n) is 8.72. The molecule has 0 bridgehead atoms. The molecule has 2 amide bonds. The number of amides is 2. The summed E-state index contributed by atoms with van der Waals surface area (Å²) in [7, 11) is 1.52. The smallest absolute Gasteiger partial charge is 0.242 e. The second kappa shape index (κ2) is 9.13. The van der Waals surface area contributed by atoms with Crippen molar-refractivity contribution in [2.45, 2.75) is 39.3 Å². The van der Waals surface area contributed by atoms with Gasteiger partial charge in [-0.05, 0) is 31.9 Å². The molecule has 138 valence electrons. The van der Waals surface area contributed by atoms with E-state index in [1.807, 2.05) is 31.2 Å². The zero-order valence-electron chi connectivity index (χ0n) is 15.5. The van der Waals surface area contributed by atoms with Crippen molar-refractivity contribution in [3.63, 3.8) is 0 Å². The van der Waals surface area contributed by atoms with Crippen LogP contribution < -0.4 is 5.32 Å². The number of benzene rings is 2. The van der Waals surface area contributed by atoms with Crippen molar-refractivity contribution < 1.29 is 14.0 Å². The SMILES string of the molecule is CNC(=O)[C@H](C)N(Cc1ccccc1F)C(=O)CCc1ccc(C)cc1. The molecule has 0 unspecified atom stereocenters. The zero-order chi connectivity index (χ0) is 19.1. The van der Waals surface area contributed by atoms with E-state index < -0.39 is 6.04 Å². The molecule has 4 nitrogen and oxygen atoms in total. The Bertz CT molecular complexity index is 759. The fourth-order valence-electron chi connectivity index (χ4n) is 2.75. The van der Waals surface area contributed by atoms with Crippen LogP contribution in [0, 0.1) is 12.7 Å². The molecule has 2 aromatic rings. The summed E-state index contributed by atoms with van der Waals surface area (Å²) in [4.78, 5) is 26.3. The molecule has 0 saturated carbocycles. The number of hydrogen-bond acceptors (Lipinski definition) is 2. The Kier molecular flexibility index (Phi) is 6.89. The number of rotatable bonds is 7. The Morgan fingerprint density at radius 3 is 2.38 bits per heavy atom. The van der Waals surface area contributed by atoms with Crippen molar-refractivity contribution in [3.8, 4) is 0 Å².